The third-order valence-corrected chi connectivity index (χ3v) is 2.08. The molecule has 0 saturated heterocycles. The Labute approximate surface area is 54.7 Å². The highest BCUT2D eigenvalue weighted by Crippen LogP contribution is 2.50. The first-order valence-electron chi connectivity index (χ1n) is 3.08. The Hall–Kier alpha value is -0.630. The molecule has 1 aliphatic carbocycles. The summed E-state index contributed by atoms with van der Waals surface area (Å²) < 4.78 is 0. The van der Waals surface area contributed by atoms with E-state index in [1.54, 1.807) is 6.08 Å². The molecule has 0 aliphatic heterocycles. The quantitative estimate of drug-likeness (QED) is 0.436. The summed E-state index contributed by atoms with van der Waals surface area (Å²) in [5, 5.41) is 0. The van der Waals surface area contributed by atoms with Gasteiger partial charge < -0.3 is 10.5 Å². The minimum atomic E-state index is -0.220. The standard InChI is InChI=1S/C7H11NO/c1-2-6-3-7(6,4-8)5-9/h2,5-6H,1,3-4,8H2. The van der Waals surface area contributed by atoms with Crippen LogP contribution in [-0.4, -0.2) is 12.8 Å². The second-order valence-corrected chi connectivity index (χ2v) is 2.60. The second kappa shape index (κ2) is 1.95. The molecule has 2 N–H and O–H groups in total. The van der Waals surface area contributed by atoms with Gasteiger partial charge in [0.2, 0.25) is 0 Å². The minimum absolute atomic E-state index is 0.220. The fourth-order valence-electron chi connectivity index (χ4n) is 1.09. The molecule has 0 bridgehead atoms. The van der Waals surface area contributed by atoms with Gasteiger partial charge in [0.05, 0.1) is 0 Å². The first-order chi connectivity index (χ1) is 4.29. The van der Waals surface area contributed by atoms with Gasteiger partial charge in [-0.3, -0.25) is 0 Å². The summed E-state index contributed by atoms with van der Waals surface area (Å²) in [4.78, 5) is 10.4. The average Bonchev–Trinajstić information content (AvgIpc) is 2.63. The van der Waals surface area contributed by atoms with Crippen LogP contribution in [0.25, 0.3) is 0 Å². The summed E-state index contributed by atoms with van der Waals surface area (Å²) >= 11 is 0. The molecule has 50 valence electrons. The van der Waals surface area contributed by atoms with Gasteiger partial charge in [0, 0.05) is 12.0 Å². The lowest BCUT2D eigenvalue weighted by Crippen LogP contribution is -2.18. The maximum absolute atomic E-state index is 10.4. The minimum Gasteiger partial charge on any atom is -0.329 e. The second-order valence-electron chi connectivity index (χ2n) is 2.60. The first kappa shape index (κ1) is 6.49. The van der Waals surface area contributed by atoms with Crippen molar-refractivity contribution in [3.63, 3.8) is 0 Å². The van der Waals surface area contributed by atoms with Crippen molar-refractivity contribution < 1.29 is 4.79 Å². The number of allylic oxidation sites excluding steroid dienone is 1. The van der Waals surface area contributed by atoms with Gasteiger partial charge >= 0.3 is 0 Å². The van der Waals surface area contributed by atoms with Gasteiger partial charge in [-0.2, -0.15) is 0 Å². The molecule has 0 aromatic rings. The van der Waals surface area contributed by atoms with E-state index in [0.717, 1.165) is 12.7 Å². The largest absolute Gasteiger partial charge is 0.329 e. The molecule has 2 heteroatoms. The van der Waals surface area contributed by atoms with Crippen LogP contribution in [0.15, 0.2) is 12.7 Å². The topological polar surface area (TPSA) is 43.1 Å². The summed E-state index contributed by atoms with van der Waals surface area (Å²) in [6, 6.07) is 0. The zero-order valence-electron chi connectivity index (χ0n) is 5.34. The molecule has 2 unspecified atom stereocenters. The van der Waals surface area contributed by atoms with E-state index in [1.165, 1.54) is 0 Å². The van der Waals surface area contributed by atoms with Crippen LogP contribution in [-0.2, 0) is 4.79 Å². The first-order valence-corrected chi connectivity index (χ1v) is 3.08. The summed E-state index contributed by atoms with van der Waals surface area (Å²) in [7, 11) is 0. The molecule has 1 fully saturated rings. The normalized spacial score (nSPS) is 39.9. The Morgan fingerprint density at radius 3 is 2.67 bits per heavy atom. The lowest BCUT2D eigenvalue weighted by molar-refractivity contribution is -0.112. The highest BCUT2D eigenvalue weighted by molar-refractivity contribution is 5.66. The molecule has 0 heterocycles. The fourth-order valence-corrected chi connectivity index (χ4v) is 1.09. The van der Waals surface area contributed by atoms with Crippen LogP contribution < -0.4 is 5.73 Å². The number of hydrogen-bond donors (Lipinski definition) is 1. The Morgan fingerprint density at radius 2 is 2.56 bits per heavy atom. The summed E-state index contributed by atoms with van der Waals surface area (Å²) in [5.74, 6) is 0.347. The van der Waals surface area contributed by atoms with Gasteiger partial charge in [-0.1, -0.05) is 6.08 Å². The molecule has 0 spiro atoms. The van der Waals surface area contributed by atoms with E-state index in [-0.39, 0.29) is 5.41 Å². The Kier molecular flexibility index (Phi) is 1.41. The van der Waals surface area contributed by atoms with E-state index in [2.05, 4.69) is 6.58 Å². The van der Waals surface area contributed by atoms with Gasteiger partial charge in [-0.15, -0.1) is 6.58 Å². The summed E-state index contributed by atoms with van der Waals surface area (Å²) in [6.07, 6.45) is 3.66. The number of carbonyl (C=O) groups excluding carboxylic acids is 1. The highest BCUT2D eigenvalue weighted by Gasteiger charge is 2.51. The van der Waals surface area contributed by atoms with Crippen molar-refractivity contribution >= 4 is 6.29 Å². The van der Waals surface area contributed by atoms with E-state index >= 15 is 0 Å². The Balaban J connectivity index is 2.56. The summed E-state index contributed by atoms with van der Waals surface area (Å²) in [5.41, 5.74) is 5.15. The maximum atomic E-state index is 10.4. The molecule has 0 radical (unpaired) electrons. The SMILES string of the molecule is C=CC1CC1(C=O)CN. The lowest BCUT2D eigenvalue weighted by Gasteiger charge is -2.00. The number of rotatable bonds is 3. The molecule has 2 nitrogen and oxygen atoms in total. The van der Waals surface area contributed by atoms with E-state index < -0.39 is 0 Å². The fraction of sp³-hybridized carbons (Fsp3) is 0.571. The molecule has 9 heavy (non-hydrogen) atoms. The molecule has 0 aromatic heterocycles. The third-order valence-electron chi connectivity index (χ3n) is 2.08. The molecule has 1 saturated carbocycles. The van der Waals surface area contributed by atoms with Gasteiger partial charge in [-0.05, 0) is 12.3 Å². The van der Waals surface area contributed by atoms with Crippen molar-refractivity contribution in [2.45, 2.75) is 6.42 Å². The van der Waals surface area contributed by atoms with E-state index in [9.17, 15) is 4.79 Å². The average molecular weight is 125 g/mol. The smallest absolute Gasteiger partial charge is 0.128 e. The van der Waals surface area contributed by atoms with Gasteiger partial charge in [0.1, 0.15) is 6.29 Å². The van der Waals surface area contributed by atoms with Crippen molar-refractivity contribution in [3.05, 3.63) is 12.7 Å². The van der Waals surface area contributed by atoms with Crippen LogP contribution in [0.3, 0.4) is 0 Å². The predicted molar refractivity (Wildman–Crippen MR) is 35.9 cm³/mol. The van der Waals surface area contributed by atoms with E-state index in [4.69, 9.17) is 5.73 Å². The van der Waals surface area contributed by atoms with Crippen LogP contribution in [0.4, 0.5) is 0 Å². The van der Waals surface area contributed by atoms with Crippen LogP contribution in [0, 0.1) is 11.3 Å². The molecule has 0 aromatic carbocycles. The highest BCUT2D eigenvalue weighted by atomic mass is 16.1. The van der Waals surface area contributed by atoms with Crippen molar-refractivity contribution in [3.8, 4) is 0 Å². The monoisotopic (exact) mass is 125 g/mol. The number of aldehydes is 1. The van der Waals surface area contributed by atoms with Crippen molar-refractivity contribution in [2.24, 2.45) is 17.1 Å². The van der Waals surface area contributed by atoms with Gasteiger partial charge in [0.25, 0.3) is 0 Å². The lowest BCUT2D eigenvalue weighted by atomic mass is 10.1. The molecule has 1 aliphatic rings. The Bertz CT molecular complexity index is 144. The molecule has 1 rings (SSSR count). The van der Waals surface area contributed by atoms with Crippen molar-refractivity contribution in [1.29, 1.82) is 0 Å². The number of nitrogens with two attached hydrogens (primary N) is 1. The zero-order valence-corrected chi connectivity index (χ0v) is 5.34. The third kappa shape index (κ3) is 0.793. The maximum Gasteiger partial charge on any atom is 0.128 e. The molecular formula is C7H11NO. The molecule has 2 atom stereocenters. The zero-order chi connectivity index (χ0) is 6.91. The number of hydrogen-bond acceptors (Lipinski definition) is 2. The molecular weight excluding hydrogens is 114 g/mol. The predicted octanol–water partition coefficient (Wildman–Crippen LogP) is 0.336. The van der Waals surface area contributed by atoms with E-state index in [0.29, 0.717) is 12.5 Å². The van der Waals surface area contributed by atoms with Gasteiger partial charge in [0.15, 0.2) is 0 Å². The van der Waals surface area contributed by atoms with Gasteiger partial charge in [-0.25, -0.2) is 0 Å². The van der Waals surface area contributed by atoms with Crippen molar-refractivity contribution in [2.75, 3.05) is 6.54 Å². The summed E-state index contributed by atoms with van der Waals surface area (Å²) in [6.45, 7) is 4.06. The Morgan fingerprint density at radius 1 is 1.89 bits per heavy atom. The van der Waals surface area contributed by atoms with E-state index in [1.807, 2.05) is 0 Å². The van der Waals surface area contributed by atoms with Crippen LogP contribution >= 0.6 is 0 Å². The van der Waals surface area contributed by atoms with Crippen LogP contribution in [0.1, 0.15) is 6.42 Å². The van der Waals surface area contributed by atoms with Crippen LogP contribution in [0.5, 0.6) is 0 Å². The number of carbonyl (C=O) groups is 1. The molecule has 0 amide bonds. The van der Waals surface area contributed by atoms with Crippen molar-refractivity contribution in [1.82, 2.24) is 0 Å². The van der Waals surface area contributed by atoms with Crippen LogP contribution in [0.2, 0.25) is 0 Å².